The molecule has 5 aromatic rings. The van der Waals surface area contributed by atoms with Crippen LogP contribution in [0.15, 0.2) is 73.1 Å². The van der Waals surface area contributed by atoms with E-state index in [0.717, 1.165) is 0 Å². The number of benzene rings is 1. The van der Waals surface area contributed by atoms with Gasteiger partial charge in [-0.05, 0) is 60.7 Å². The summed E-state index contributed by atoms with van der Waals surface area (Å²) in [7, 11) is 1.31. The molecule has 0 saturated carbocycles. The second-order valence-corrected chi connectivity index (χ2v) is 7.54. The van der Waals surface area contributed by atoms with Crippen molar-refractivity contribution in [1.29, 1.82) is 0 Å². The highest BCUT2D eigenvalue weighted by atomic mass is 19.3. The molecule has 180 valence electrons. The van der Waals surface area contributed by atoms with Crippen LogP contribution in [0.25, 0.3) is 39.6 Å². The summed E-state index contributed by atoms with van der Waals surface area (Å²) in [6, 6.07) is 16.7. The third-order valence-electron chi connectivity index (χ3n) is 5.35. The molecule has 0 atom stereocenters. The summed E-state index contributed by atoms with van der Waals surface area (Å²) in [6.07, 6.45) is 2.79. The number of carbonyl (C=O) groups excluding carboxylic acids is 1. The SMILES string of the molecule is COC(=O)c1ccc(-n2c(-c3cccnc3N)nc3ccc(-c4ccc(OC(F)F)cn4)nc32)cc1. The first-order valence-electron chi connectivity index (χ1n) is 10.6. The molecule has 4 heterocycles. The van der Waals surface area contributed by atoms with Crippen molar-refractivity contribution < 1.29 is 23.0 Å². The summed E-state index contributed by atoms with van der Waals surface area (Å²) in [5.41, 5.74) is 9.81. The predicted molar refractivity (Wildman–Crippen MR) is 128 cm³/mol. The number of alkyl halides is 2. The molecule has 0 aliphatic carbocycles. The molecule has 0 spiro atoms. The lowest BCUT2D eigenvalue weighted by atomic mass is 10.2. The number of anilines is 1. The molecule has 0 aliphatic heterocycles. The van der Waals surface area contributed by atoms with Crippen LogP contribution in [0.2, 0.25) is 0 Å². The molecule has 2 N–H and O–H groups in total. The number of hydrogen-bond acceptors (Lipinski definition) is 8. The molecule has 0 radical (unpaired) electrons. The first-order chi connectivity index (χ1) is 17.4. The second kappa shape index (κ2) is 9.37. The number of fused-ring (bicyclic) bond motifs is 1. The Hall–Kier alpha value is -4.93. The van der Waals surface area contributed by atoms with Crippen LogP contribution in [-0.4, -0.2) is 44.2 Å². The number of pyridine rings is 3. The van der Waals surface area contributed by atoms with Gasteiger partial charge < -0.3 is 15.2 Å². The lowest BCUT2D eigenvalue weighted by Crippen LogP contribution is -2.04. The van der Waals surface area contributed by atoms with Crippen LogP contribution in [0, 0.1) is 0 Å². The average molecular weight is 488 g/mol. The highest BCUT2D eigenvalue weighted by Gasteiger charge is 2.19. The van der Waals surface area contributed by atoms with Crippen molar-refractivity contribution in [3.05, 3.63) is 78.6 Å². The van der Waals surface area contributed by atoms with Crippen LogP contribution in [0.1, 0.15) is 10.4 Å². The highest BCUT2D eigenvalue weighted by Crippen LogP contribution is 2.31. The van der Waals surface area contributed by atoms with Crippen LogP contribution in [-0.2, 0) is 4.74 Å². The van der Waals surface area contributed by atoms with E-state index in [2.05, 4.69) is 14.7 Å². The maximum atomic E-state index is 12.5. The molecule has 0 saturated heterocycles. The van der Waals surface area contributed by atoms with Gasteiger partial charge in [0.2, 0.25) is 0 Å². The summed E-state index contributed by atoms with van der Waals surface area (Å²) < 4.78 is 35.9. The predicted octanol–water partition coefficient (Wildman–Crippen LogP) is 4.51. The van der Waals surface area contributed by atoms with E-state index in [0.29, 0.717) is 45.2 Å². The topological polar surface area (TPSA) is 118 Å². The monoisotopic (exact) mass is 488 g/mol. The highest BCUT2D eigenvalue weighted by molar-refractivity contribution is 5.90. The number of carbonyl (C=O) groups is 1. The Bertz CT molecular complexity index is 1550. The molecule has 0 aliphatic rings. The summed E-state index contributed by atoms with van der Waals surface area (Å²) in [6.45, 7) is -2.94. The molecule has 36 heavy (non-hydrogen) atoms. The number of nitrogens with two attached hydrogens (primary N) is 1. The summed E-state index contributed by atoms with van der Waals surface area (Å²) in [4.78, 5) is 29.8. The van der Waals surface area contributed by atoms with E-state index in [1.165, 1.54) is 25.4 Å². The lowest BCUT2D eigenvalue weighted by molar-refractivity contribution is -0.0500. The number of rotatable bonds is 6. The normalized spacial score (nSPS) is 11.1. The van der Waals surface area contributed by atoms with Crippen molar-refractivity contribution in [2.45, 2.75) is 6.61 Å². The Morgan fingerprint density at radius 1 is 0.972 bits per heavy atom. The number of ether oxygens (including phenoxy) is 2. The van der Waals surface area contributed by atoms with Crippen molar-refractivity contribution in [1.82, 2.24) is 24.5 Å². The lowest BCUT2D eigenvalue weighted by Gasteiger charge is -2.11. The summed E-state index contributed by atoms with van der Waals surface area (Å²) in [5.74, 6) is 0.274. The van der Waals surface area contributed by atoms with Gasteiger partial charge in [0.05, 0.1) is 35.8 Å². The van der Waals surface area contributed by atoms with E-state index in [1.54, 1.807) is 59.3 Å². The van der Waals surface area contributed by atoms with Crippen LogP contribution >= 0.6 is 0 Å². The van der Waals surface area contributed by atoms with E-state index >= 15 is 0 Å². The zero-order valence-electron chi connectivity index (χ0n) is 18.8. The van der Waals surface area contributed by atoms with Gasteiger partial charge in [-0.15, -0.1) is 0 Å². The van der Waals surface area contributed by atoms with Crippen LogP contribution in [0.4, 0.5) is 14.6 Å². The van der Waals surface area contributed by atoms with Crippen LogP contribution in [0.3, 0.4) is 0 Å². The number of nitrogens with zero attached hydrogens (tertiary/aromatic N) is 5. The Morgan fingerprint density at radius 2 is 1.75 bits per heavy atom. The van der Waals surface area contributed by atoms with Crippen molar-refractivity contribution in [3.8, 4) is 34.2 Å². The molecule has 0 unspecified atom stereocenters. The Morgan fingerprint density at radius 3 is 2.42 bits per heavy atom. The zero-order chi connectivity index (χ0) is 25.2. The van der Waals surface area contributed by atoms with Crippen LogP contribution in [0.5, 0.6) is 5.75 Å². The maximum absolute atomic E-state index is 12.5. The first kappa shape index (κ1) is 22.8. The third-order valence-corrected chi connectivity index (χ3v) is 5.35. The number of hydrogen-bond donors (Lipinski definition) is 1. The van der Waals surface area contributed by atoms with E-state index in [-0.39, 0.29) is 11.6 Å². The van der Waals surface area contributed by atoms with Gasteiger partial charge in [0.1, 0.15) is 17.1 Å². The molecule has 1 aromatic carbocycles. The van der Waals surface area contributed by atoms with Gasteiger partial charge in [-0.1, -0.05) is 0 Å². The standard InChI is InChI=1S/C25H18F2N6O3/c1-35-24(34)14-4-6-15(7-5-14)33-22(17-3-2-12-29-21(17)28)32-20-11-10-19(31-23(20)33)18-9-8-16(13-30-18)36-25(26)27/h2-13,25H,1H3,(H2,28,29). The van der Waals surface area contributed by atoms with Crippen molar-refractivity contribution in [2.75, 3.05) is 12.8 Å². The minimum atomic E-state index is -2.94. The van der Waals surface area contributed by atoms with Gasteiger partial charge in [-0.25, -0.2) is 19.7 Å². The molecule has 0 bridgehead atoms. The fourth-order valence-corrected chi connectivity index (χ4v) is 3.70. The van der Waals surface area contributed by atoms with E-state index in [4.69, 9.17) is 20.4 Å². The summed E-state index contributed by atoms with van der Waals surface area (Å²) >= 11 is 0. The zero-order valence-corrected chi connectivity index (χ0v) is 18.8. The van der Waals surface area contributed by atoms with Crippen LogP contribution < -0.4 is 10.5 Å². The van der Waals surface area contributed by atoms with E-state index in [1.807, 2.05) is 0 Å². The smallest absolute Gasteiger partial charge is 0.387 e. The second-order valence-electron chi connectivity index (χ2n) is 7.54. The third kappa shape index (κ3) is 4.29. The largest absolute Gasteiger partial charge is 0.465 e. The van der Waals surface area contributed by atoms with Gasteiger partial charge in [-0.2, -0.15) is 8.78 Å². The average Bonchev–Trinajstić information content (AvgIpc) is 3.27. The van der Waals surface area contributed by atoms with Crippen molar-refractivity contribution in [3.63, 3.8) is 0 Å². The van der Waals surface area contributed by atoms with Crippen molar-refractivity contribution >= 4 is 23.0 Å². The molecule has 5 rings (SSSR count). The molecule has 0 amide bonds. The summed E-state index contributed by atoms with van der Waals surface area (Å²) in [5, 5.41) is 0. The van der Waals surface area contributed by atoms with Gasteiger partial charge in [0.25, 0.3) is 0 Å². The number of nitrogen functional groups attached to an aromatic ring is 1. The Labute approximate surface area is 203 Å². The maximum Gasteiger partial charge on any atom is 0.387 e. The van der Waals surface area contributed by atoms with Gasteiger partial charge >= 0.3 is 12.6 Å². The van der Waals surface area contributed by atoms with E-state index < -0.39 is 12.6 Å². The molecule has 0 fully saturated rings. The number of imidazole rings is 1. The number of methoxy groups -OCH3 is 1. The van der Waals surface area contributed by atoms with Gasteiger partial charge in [0, 0.05) is 11.9 Å². The molecule has 9 nitrogen and oxygen atoms in total. The molecular weight excluding hydrogens is 470 g/mol. The Balaban J connectivity index is 1.67. The number of halogens is 2. The fourth-order valence-electron chi connectivity index (χ4n) is 3.70. The fraction of sp³-hybridized carbons (Fsp3) is 0.0800. The first-order valence-corrected chi connectivity index (χ1v) is 10.6. The molecular formula is C25H18F2N6O3. The quantitative estimate of drug-likeness (QED) is 0.347. The Kier molecular flexibility index (Phi) is 5.95. The number of esters is 1. The number of aromatic nitrogens is 5. The van der Waals surface area contributed by atoms with E-state index in [9.17, 15) is 13.6 Å². The minimum Gasteiger partial charge on any atom is -0.465 e. The minimum absolute atomic E-state index is 0.0556. The molecule has 4 aromatic heterocycles. The molecule has 11 heteroatoms. The van der Waals surface area contributed by atoms with Gasteiger partial charge in [-0.3, -0.25) is 9.55 Å². The van der Waals surface area contributed by atoms with Gasteiger partial charge in [0.15, 0.2) is 11.5 Å². The van der Waals surface area contributed by atoms with Crippen molar-refractivity contribution in [2.24, 2.45) is 0 Å².